The van der Waals surface area contributed by atoms with Crippen LogP contribution in [0.3, 0.4) is 0 Å². The summed E-state index contributed by atoms with van der Waals surface area (Å²) in [5.74, 6) is -0.0699. The summed E-state index contributed by atoms with van der Waals surface area (Å²) in [5, 5.41) is 12.8. The van der Waals surface area contributed by atoms with Crippen LogP contribution in [0.4, 0.5) is 10.2 Å². The molecule has 0 aliphatic carbocycles. The van der Waals surface area contributed by atoms with E-state index < -0.39 is 24.5 Å². The molecule has 10 nitrogen and oxygen atoms in total. The third kappa shape index (κ3) is 2.23. The summed E-state index contributed by atoms with van der Waals surface area (Å²) in [5.41, 5.74) is 14.5. The zero-order valence-corrected chi connectivity index (χ0v) is 10.7. The fraction of sp³-hybridized carbons (Fsp3) is 0.500. The Morgan fingerprint density at radius 1 is 1.62 bits per heavy atom. The van der Waals surface area contributed by atoms with Gasteiger partial charge >= 0.3 is 6.08 Å². The lowest BCUT2D eigenvalue weighted by atomic mass is 10.1. The molecule has 3 heterocycles. The minimum atomic E-state index is -0.968. The average molecular weight is 294 g/mol. The first-order valence-electron chi connectivity index (χ1n) is 6.10. The molecule has 1 fully saturated rings. The largest absolute Gasteiger partial charge is 0.394 e. The van der Waals surface area contributed by atoms with Crippen molar-refractivity contribution < 1.29 is 14.2 Å². The number of hydrogen-bond acceptors (Lipinski definition) is 7. The first-order valence-corrected chi connectivity index (χ1v) is 6.10. The zero-order valence-electron chi connectivity index (χ0n) is 10.7. The highest BCUT2D eigenvalue weighted by atomic mass is 19.1. The number of halogens is 1. The van der Waals surface area contributed by atoms with Gasteiger partial charge in [-0.15, -0.1) is 0 Å². The summed E-state index contributed by atoms with van der Waals surface area (Å²) in [6.07, 6.45) is -0.479. The van der Waals surface area contributed by atoms with Crippen molar-refractivity contribution in [2.75, 3.05) is 12.3 Å². The normalized spacial score (nSPS) is 25.1. The topological polar surface area (TPSA) is 148 Å². The van der Waals surface area contributed by atoms with E-state index in [2.05, 4.69) is 25.0 Å². The molecule has 11 heteroatoms. The van der Waals surface area contributed by atoms with Crippen LogP contribution in [0.15, 0.2) is 11.4 Å². The number of nitrogens with zero attached hydrogens (tertiary/aromatic N) is 7. The quantitative estimate of drug-likeness (QED) is 0.364. The molecule has 21 heavy (non-hydrogen) atoms. The number of nitrogen functional groups attached to an aromatic ring is 1. The Hall–Kier alpha value is -2.49. The maximum Gasteiger partial charge on any atom is 0.312 e. The Labute approximate surface area is 117 Å². The fourth-order valence-electron chi connectivity index (χ4n) is 2.36. The lowest BCUT2D eigenvalue weighted by molar-refractivity contribution is -0.0233. The Balaban J connectivity index is 2.00. The highest BCUT2D eigenvalue weighted by Crippen LogP contribution is 2.33. The molecule has 3 rings (SSSR count). The molecule has 1 saturated heterocycles. The number of ether oxygens (including phenoxy) is 1. The van der Waals surface area contributed by atoms with Gasteiger partial charge in [0, 0.05) is 11.3 Å². The van der Waals surface area contributed by atoms with Crippen molar-refractivity contribution in [2.45, 2.75) is 24.8 Å². The van der Waals surface area contributed by atoms with E-state index in [-0.39, 0.29) is 23.6 Å². The second-order valence-corrected chi connectivity index (χ2v) is 4.52. The van der Waals surface area contributed by atoms with Gasteiger partial charge in [-0.3, -0.25) is 4.57 Å². The van der Waals surface area contributed by atoms with Gasteiger partial charge in [0.15, 0.2) is 17.0 Å². The highest BCUT2D eigenvalue weighted by molar-refractivity contribution is 5.81. The summed E-state index contributed by atoms with van der Waals surface area (Å²) in [7, 11) is 0. The van der Waals surface area contributed by atoms with E-state index in [0.717, 1.165) is 0 Å². The fourth-order valence-corrected chi connectivity index (χ4v) is 2.36. The standard InChI is InChI=1S/C10H11FN8O2/c11-10-15-8(12)7-9(16-10)19(3-14-7)6-1-4(17-18-13)5(2-20)21-6/h3-6,20H,1-2H2,(H2,12,15,16)/t4-,5+,6+/m1/s1. The van der Waals surface area contributed by atoms with E-state index in [1.54, 1.807) is 0 Å². The third-order valence-corrected chi connectivity index (χ3v) is 3.32. The number of rotatable bonds is 3. The van der Waals surface area contributed by atoms with Crippen molar-refractivity contribution >= 4 is 17.0 Å². The molecule has 0 radical (unpaired) electrons. The summed E-state index contributed by atoms with van der Waals surface area (Å²) in [4.78, 5) is 13.8. The third-order valence-electron chi connectivity index (χ3n) is 3.32. The lowest BCUT2D eigenvalue weighted by Gasteiger charge is -2.13. The van der Waals surface area contributed by atoms with Gasteiger partial charge in [0.05, 0.1) is 25.1 Å². The Morgan fingerprint density at radius 3 is 3.14 bits per heavy atom. The van der Waals surface area contributed by atoms with E-state index in [0.29, 0.717) is 6.42 Å². The van der Waals surface area contributed by atoms with E-state index in [4.69, 9.17) is 16.0 Å². The Kier molecular flexibility index (Phi) is 3.29. The van der Waals surface area contributed by atoms with E-state index in [9.17, 15) is 9.50 Å². The number of hydrogen-bond donors (Lipinski definition) is 2. The molecule has 1 aliphatic rings. The monoisotopic (exact) mass is 294 g/mol. The first-order chi connectivity index (χ1) is 10.1. The Morgan fingerprint density at radius 2 is 2.43 bits per heavy atom. The molecule has 0 aromatic carbocycles. The summed E-state index contributed by atoms with van der Waals surface area (Å²) >= 11 is 0. The van der Waals surface area contributed by atoms with Crippen LogP contribution in [0, 0.1) is 6.08 Å². The maximum atomic E-state index is 13.3. The molecule has 0 saturated carbocycles. The maximum absolute atomic E-state index is 13.3. The lowest BCUT2D eigenvalue weighted by Crippen LogP contribution is -2.22. The number of anilines is 1. The molecule has 3 N–H and O–H groups in total. The van der Waals surface area contributed by atoms with Gasteiger partial charge in [0.2, 0.25) is 0 Å². The van der Waals surface area contributed by atoms with Gasteiger partial charge in [-0.25, -0.2) is 4.98 Å². The molecular weight excluding hydrogens is 283 g/mol. The van der Waals surface area contributed by atoms with Gasteiger partial charge in [0.25, 0.3) is 0 Å². The molecule has 3 atom stereocenters. The van der Waals surface area contributed by atoms with Crippen LogP contribution >= 0.6 is 0 Å². The predicted molar refractivity (Wildman–Crippen MR) is 68.2 cm³/mol. The van der Waals surface area contributed by atoms with Crippen LogP contribution in [-0.2, 0) is 4.74 Å². The van der Waals surface area contributed by atoms with Crippen LogP contribution in [0.2, 0.25) is 0 Å². The van der Waals surface area contributed by atoms with Crippen LogP contribution in [0.25, 0.3) is 21.6 Å². The van der Waals surface area contributed by atoms with Crippen LogP contribution in [0.5, 0.6) is 0 Å². The molecular formula is C10H11FN8O2. The summed E-state index contributed by atoms with van der Waals surface area (Å²) in [6.45, 7) is -0.293. The number of azide groups is 1. The number of nitrogens with two attached hydrogens (primary N) is 1. The predicted octanol–water partition coefficient (Wildman–Crippen LogP) is 0.506. The van der Waals surface area contributed by atoms with Gasteiger partial charge in [-0.05, 0) is 5.53 Å². The number of aliphatic hydroxyl groups excluding tert-OH is 1. The average Bonchev–Trinajstić information content (AvgIpc) is 3.02. The molecule has 110 valence electrons. The van der Waals surface area contributed by atoms with Crippen molar-refractivity contribution in [1.82, 2.24) is 19.5 Å². The zero-order chi connectivity index (χ0) is 15.0. The van der Waals surface area contributed by atoms with Gasteiger partial charge in [0.1, 0.15) is 6.23 Å². The van der Waals surface area contributed by atoms with Crippen molar-refractivity contribution in [3.05, 3.63) is 22.8 Å². The van der Waals surface area contributed by atoms with E-state index >= 15 is 0 Å². The first kappa shape index (κ1) is 13.5. The van der Waals surface area contributed by atoms with Gasteiger partial charge in [-0.2, -0.15) is 14.4 Å². The molecule has 2 aromatic rings. The minimum absolute atomic E-state index is 0.0699. The van der Waals surface area contributed by atoms with Crippen molar-refractivity contribution in [3.63, 3.8) is 0 Å². The Bertz CT molecular complexity index is 727. The number of aromatic nitrogens is 4. The molecule has 1 aliphatic heterocycles. The number of imidazole rings is 1. The summed E-state index contributed by atoms with van der Waals surface area (Å²) in [6, 6.07) is -0.522. The van der Waals surface area contributed by atoms with E-state index in [1.165, 1.54) is 10.9 Å². The molecule has 0 unspecified atom stereocenters. The summed E-state index contributed by atoms with van der Waals surface area (Å²) < 4.78 is 20.4. The molecule has 0 spiro atoms. The van der Waals surface area contributed by atoms with E-state index in [1.807, 2.05) is 0 Å². The van der Waals surface area contributed by atoms with Crippen molar-refractivity contribution in [2.24, 2.45) is 5.11 Å². The van der Waals surface area contributed by atoms with Crippen molar-refractivity contribution in [1.29, 1.82) is 0 Å². The number of aliphatic hydroxyl groups is 1. The molecule has 2 aromatic heterocycles. The van der Waals surface area contributed by atoms with Crippen LogP contribution < -0.4 is 5.73 Å². The molecule has 0 bridgehead atoms. The van der Waals surface area contributed by atoms with Gasteiger partial charge in [-0.1, -0.05) is 5.11 Å². The molecule has 0 amide bonds. The minimum Gasteiger partial charge on any atom is -0.394 e. The highest BCUT2D eigenvalue weighted by Gasteiger charge is 2.36. The second-order valence-electron chi connectivity index (χ2n) is 4.52. The number of fused-ring (bicyclic) bond motifs is 1. The van der Waals surface area contributed by atoms with Crippen LogP contribution in [-0.4, -0.2) is 43.4 Å². The smallest absolute Gasteiger partial charge is 0.312 e. The second kappa shape index (κ2) is 5.13. The van der Waals surface area contributed by atoms with Gasteiger partial charge < -0.3 is 15.6 Å². The SMILES string of the molecule is [N-]=[N+]=N[C@@H]1C[C@@H](n2cnc3c(N)nc(F)nc32)O[C@H]1CO. The van der Waals surface area contributed by atoms with Crippen molar-refractivity contribution in [3.8, 4) is 0 Å². The van der Waals surface area contributed by atoms with Crippen LogP contribution in [0.1, 0.15) is 12.6 Å².